The number of unbranched alkanes of at least 4 members (excludes halogenated alkanes) is 5. The van der Waals surface area contributed by atoms with E-state index < -0.39 is 11.6 Å². The highest BCUT2D eigenvalue weighted by Crippen LogP contribution is 2.28. The van der Waals surface area contributed by atoms with Crippen LogP contribution in [0.1, 0.15) is 51.0 Å². The van der Waals surface area contributed by atoms with Gasteiger partial charge in [-0.25, -0.2) is 4.39 Å². The predicted molar refractivity (Wildman–Crippen MR) is 75.3 cm³/mol. The van der Waals surface area contributed by atoms with Gasteiger partial charge in [0.1, 0.15) is 5.82 Å². The standard InChI is InChI=1S/C15H21F3S/c1-2-3-4-5-6-7-8-12-9-10-14(13(16)11-12)19-15(17)18/h9-11,15H,2-8H2,1H3. The van der Waals surface area contributed by atoms with Crippen LogP contribution in [0.15, 0.2) is 23.1 Å². The lowest BCUT2D eigenvalue weighted by atomic mass is 10.0. The normalized spacial score (nSPS) is 11.2. The third kappa shape index (κ3) is 6.90. The van der Waals surface area contributed by atoms with E-state index in [1.165, 1.54) is 37.8 Å². The summed E-state index contributed by atoms with van der Waals surface area (Å²) in [7, 11) is 0. The van der Waals surface area contributed by atoms with Crippen LogP contribution in [0.2, 0.25) is 0 Å². The van der Waals surface area contributed by atoms with Crippen LogP contribution in [-0.2, 0) is 6.42 Å². The van der Waals surface area contributed by atoms with Crippen LogP contribution in [0, 0.1) is 5.82 Å². The second-order valence-electron chi connectivity index (χ2n) is 4.66. The van der Waals surface area contributed by atoms with Crippen molar-refractivity contribution in [1.29, 1.82) is 0 Å². The van der Waals surface area contributed by atoms with Crippen LogP contribution in [0.4, 0.5) is 13.2 Å². The lowest BCUT2D eigenvalue weighted by Crippen LogP contribution is -1.91. The van der Waals surface area contributed by atoms with Gasteiger partial charge in [-0.1, -0.05) is 56.9 Å². The Balaban J connectivity index is 2.33. The van der Waals surface area contributed by atoms with Crippen molar-refractivity contribution in [1.82, 2.24) is 0 Å². The average Bonchev–Trinajstić information content (AvgIpc) is 2.36. The zero-order chi connectivity index (χ0) is 14.1. The molecule has 0 saturated carbocycles. The van der Waals surface area contributed by atoms with Crippen LogP contribution in [-0.4, -0.2) is 5.76 Å². The van der Waals surface area contributed by atoms with E-state index in [2.05, 4.69) is 6.92 Å². The third-order valence-electron chi connectivity index (χ3n) is 3.03. The van der Waals surface area contributed by atoms with Crippen LogP contribution >= 0.6 is 11.8 Å². The van der Waals surface area contributed by atoms with Crippen molar-refractivity contribution in [2.75, 3.05) is 0 Å². The van der Waals surface area contributed by atoms with Crippen molar-refractivity contribution in [3.8, 4) is 0 Å². The summed E-state index contributed by atoms with van der Waals surface area (Å²) in [6.45, 7) is 2.18. The van der Waals surface area contributed by atoms with E-state index >= 15 is 0 Å². The number of alkyl halides is 2. The van der Waals surface area contributed by atoms with E-state index in [1.807, 2.05) is 0 Å². The molecule has 1 rings (SSSR count). The summed E-state index contributed by atoms with van der Waals surface area (Å²) in [5, 5.41) is 0. The maximum absolute atomic E-state index is 13.5. The van der Waals surface area contributed by atoms with Gasteiger partial charge in [0.2, 0.25) is 0 Å². The van der Waals surface area contributed by atoms with Gasteiger partial charge in [-0.05, 0) is 30.5 Å². The Morgan fingerprint density at radius 1 is 1.05 bits per heavy atom. The molecular weight excluding hydrogens is 269 g/mol. The number of benzene rings is 1. The fourth-order valence-corrected chi connectivity index (χ4v) is 2.51. The lowest BCUT2D eigenvalue weighted by molar-refractivity contribution is 0.251. The number of aryl methyl sites for hydroxylation is 1. The van der Waals surface area contributed by atoms with Crippen molar-refractivity contribution in [2.45, 2.75) is 62.5 Å². The molecule has 0 heterocycles. The highest BCUT2D eigenvalue weighted by Gasteiger charge is 2.10. The fraction of sp³-hybridized carbons (Fsp3) is 0.600. The van der Waals surface area contributed by atoms with Crippen molar-refractivity contribution in [2.24, 2.45) is 0 Å². The van der Waals surface area contributed by atoms with Gasteiger partial charge >= 0.3 is 0 Å². The summed E-state index contributed by atoms with van der Waals surface area (Å²) in [5.74, 6) is -3.10. The van der Waals surface area contributed by atoms with Gasteiger partial charge in [0.25, 0.3) is 5.76 Å². The molecule has 0 amide bonds. The largest absolute Gasteiger partial charge is 0.289 e. The Hall–Kier alpha value is -0.640. The van der Waals surface area contributed by atoms with Gasteiger partial charge in [0, 0.05) is 4.90 Å². The van der Waals surface area contributed by atoms with E-state index in [0.717, 1.165) is 24.8 Å². The van der Waals surface area contributed by atoms with Gasteiger partial charge in [-0.2, -0.15) is 8.78 Å². The predicted octanol–water partition coefficient (Wildman–Crippen LogP) is 6.04. The molecule has 0 N–H and O–H groups in total. The lowest BCUT2D eigenvalue weighted by Gasteiger charge is -2.06. The summed E-state index contributed by atoms with van der Waals surface area (Å²) in [4.78, 5) is 0.0293. The minimum atomic E-state index is -2.57. The zero-order valence-electron chi connectivity index (χ0n) is 11.3. The van der Waals surface area contributed by atoms with Crippen molar-refractivity contribution in [3.63, 3.8) is 0 Å². The Labute approximate surface area is 117 Å². The van der Waals surface area contributed by atoms with E-state index in [9.17, 15) is 13.2 Å². The molecule has 0 spiro atoms. The second kappa shape index (κ2) is 9.29. The van der Waals surface area contributed by atoms with E-state index in [-0.39, 0.29) is 16.7 Å². The van der Waals surface area contributed by atoms with Gasteiger partial charge in [0.15, 0.2) is 0 Å². The Bertz CT molecular complexity index is 366. The Morgan fingerprint density at radius 2 is 1.74 bits per heavy atom. The molecule has 1 aromatic carbocycles. The molecule has 0 unspecified atom stereocenters. The van der Waals surface area contributed by atoms with Crippen molar-refractivity contribution < 1.29 is 13.2 Å². The molecule has 1 aromatic rings. The molecule has 0 aliphatic carbocycles. The highest BCUT2D eigenvalue weighted by atomic mass is 32.2. The minimum absolute atomic E-state index is 0.0293. The molecule has 108 valence electrons. The fourth-order valence-electron chi connectivity index (χ4n) is 2.00. The first-order valence-electron chi connectivity index (χ1n) is 6.86. The van der Waals surface area contributed by atoms with Crippen molar-refractivity contribution >= 4 is 11.8 Å². The molecule has 0 atom stereocenters. The number of rotatable bonds is 9. The highest BCUT2D eigenvalue weighted by molar-refractivity contribution is 7.99. The van der Waals surface area contributed by atoms with E-state index in [4.69, 9.17) is 0 Å². The first kappa shape index (κ1) is 16.4. The van der Waals surface area contributed by atoms with E-state index in [1.54, 1.807) is 6.07 Å². The van der Waals surface area contributed by atoms with Crippen molar-refractivity contribution in [3.05, 3.63) is 29.6 Å². The molecule has 0 fully saturated rings. The second-order valence-corrected chi connectivity index (χ2v) is 5.69. The van der Waals surface area contributed by atoms with Gasteiger partial charge in [-0.15, -0.1) is 0 Å². The van der Waals surface area contributed by atoms with Crippen LogP contribution in [0.5, 0.6) is 0 Å². The molecular formula is C15H21F3S. The molecule has 0 aliphatic heterocycles. The molecule has 4 heteroatoms. The number of halogens is 3. The molecule has 0 radical (unpaired) electrons. The Morgan fingerprint density at radius 3 is 2.37 bits per heavy atom. The molecule has 0 aliphatic rings. The van der Waals surface area contributed by atoms with Gasteiger partial charge in [-0.3, -0.25) is 0 Å². The SMILES string of the molecule is CCCCCCCCc1ccc(SC(F)F)c(F)c1. The molecule has 19 heavy (non-hydrogen) atoms. The Kier molecular flexibility index (Phi) is 8.03. The van der Waals surface area contributed by atoms with Crippen LogP contribution < -0.4 is 0 Å². The number of hydrogen-bond donors (Lipinski definition) is 0. The number of hydrogen-bond acceptors (Lipinski definition) is 1. The minimum Gasteiger partial charge on any atom is -0.206 e. The number of thioether (sulfide) groups is 1. The maximum atomic E-state index is 13.5. The van der Waals surface area contributed by atoms with E-state index in [0.29, 0.717) is 0 Å². The summed E-state index contributed by atoms with van der Waals surface area (Å²) in [5.41, 5.74) is 0.895. The zero-order valence-corrected chi connectivity index (χ0v) is 12.1. The first-order valence-corrected chi connectivity index (χ1v) is 7.74. The van der Waals surface area contributed by atoms with Crippen LogP contribution in [0.25, 0.3) is 0 Å². The average molecular weight is 290 g/mol. The van der Waals surface area contributed by atoms with Crippen LogP contribution in [0.3, 0.4) is 0 Å². The smallest absolute Gasteiger partial charge is 0.206 e. The summed E-state index contributed by atoms with van der Waals surface area (Å²) < 4.78 is 37.8. The summed E-state index contributed by atoms with van der Waals surface area (Å²) in [6, 6.07) is 4.59. The molecule has 0 saturated heterocycles. The van der Waals surface area contributed by atoms with Gasteiger partial charge < -0.3 is 0 Å². The van der Waals surface area contributed by atoms with Gasteiger partial charge in [0.05, 0.1) is 0 Å². The topological polar surface area (TPSA) is 0 Å². The summed E-state index contributed by atoms with van der Waals surface area (Å²) >= 11 is 0.263. The molecule has 0 nitrogen and oxygen atoms in total. The monoisotopic (exact) mass is 290 g/mol. The third-order valence-corrected chi connectivity index (χ3v) is 3.79. The molecule has 0 bridgehead atoms. The summed E-state index contributed by atoms with van der Waals surface area (Å²) in [6.07, 6.45) is 7.98. The molecule has 0 aromatic heterocycles. The quantitative estimate of drug-likeness (QED) is 0.394. The first-order chi connectivity index (χ1) is 9.13. The maximum Gasteiger partial charge on any atom is 0.289 e.